The van der Waals surface area contributed by atoms with E-state index in [2.05, 4.69) is 25.4 Å². The number of rotatable bonds is 5. The van der Waals surface area contributed by atoms with Crippen LogP contribution in [0, 0.1) is 0 Å². The Balaban J connectivity index is 1.38. The van der Waals surface area contributed by atoms with Gasteiger partial charge in [-0.05, 0) is 29.8 Å². The van der Waals surface area contributed by atoms with Gasteiger partial charge in [-0.1, -0.05) is 41.6 Å². The van der Waals surface area contributed by atoms with E-state index in [1.807, 2.05) is 60.7 Å². The largest absolute Gasteiger partial charge is 0.360 e. The highest BCUT2D eigenvalue weighted by atomic mass is 16.5. The van der Waals surface area contributed by atoms with Gasteiger partial charge in [-0.15, -0.1) is 0 Å². The van der Waals surface area contributed by atoms with Crippen LogP contribution in [0.1, 0.15) is 21.8 Å². The Morgan fingerprint density at radius 2 is 1.90 bits per heavy atom. The SMILES string of the molecule is O=C(Nc1ccccc1Cc1nc(-c2cccnc2)no1)c1c[nH]c2ccccc12. The molecule has 5 rings (SSSR count). The number of pyridine rings is 1. The van der Waals surface area contributed by atoms with Gasteiger partial charge < -0.3 is 14.8 Å². The molecule has 0 aliphatic carbocycles. The van der Waals surface area contributed by atoms with Crippen LogP contribution in [0.4, 0.5) is 5.69 Å². The minimum Gasteiger partial charge on any atom is -0.360 e. The molecule has 3 aromatic heterocycles. The number of carbonyl (C=O) groups is 1. The maximum Gasteiger partial charge on any atom is 0.257 e. The average molecular weight is 395 g/mol. The van der Waals surface area contributed by atoms with E-state index in [1.165, 1.54) is 0 Å². The van der Waals surface area contributed by atoms with Crippen molar-refractivity contribution in [3.8, 4) is 11.4 Å². The lowest BCUT2D eigenvalue weighted by molar-refractivity contribution is 0.102. The first kappa shape index (κ1) is 17.8. The van der Waals surface area contributed by atoms with Crippen molar-refractivity contribution >= 4 is 22.5 Å². The van der Waals surface area contributed by atoms with E-state index in [0.717, 1.165) is 22.0 Å². The van der Waals surface area contributed by atoms with Gasteiger partial charge in [-0.2, -0.15) is 4.98 Å². The first-order valence-corrected chi connectivity index (χ1v) is 9.46. The molecule has 5 aromatic rings. The Morgan fingerprint density at radius 3 is 2.80 bits per heavy atom. The smallest absolute Gasteiger partial charge is 0.257 e. The summed E-state index contributed by atoms with van der Waals surface area (Å²) >= 11 is 0. The van der Waals surface area contributed by atoms with E-state index in [0.29, 0.717) is 29.4 Å². The molecular formula is C23H17N5O2. The number of fused-ring (bicyclic) bond motifs is 1. The summed E-state index contributed by atoms with van der Waals surface area (Å²) < 4.78 is 5.41. The van der Waals surface area contributed by atoms with Crippen LogP contribution in [0.15, 0.2) is 83.8 Å². The molecule has 0 aliphatic rings. The Hall–Kier alpha value is -4.26. The van der Waals surface area contributed by atoms with Gasteiger partial charge in [-0.3, -0.25) is 9.78 Å². The quantitative estimate of drug-likeness (QED) is 0.458. The fourth-order valence-corrected chi connectivity index (χ4v) is 3.35. The number of H-pyrrole nitrogens is 1. The van der Waals surface area contributed by atoms with Crippen molar-refractivity contribution in [1.82, 2.24) is 20.1 Å². The predicted octanol–water partition coefficient (Wildman–Crippen LogP) is 4.46. The lowest BCUT2D eigenvalue weighted by Crippen LogP contribution is -2.13. The molecule has 30 heavy (non-hydrogen) atoms. The Labute approximate surface area is 171 Å². The Morgan fingerprint density at radius 1 is 1.03 bits per heavy atom. The van der Waals surface area contributed by atoms with E-state index in [4.69, 9.17) is 4.52 Å². The summed E-state index contributed by atoms with van der Waals surface area (Å²) in [6.45, 7) is 0. The molecule has 1 amide bonds. The summed E-state index contributed by atoms with van der Waals surface area (Å²) in [6, 6.07) is 19.0. The molecule has 0 fully saturated rings. The number of para-hydroxylation sites is 2. The van der Waals surface area contributed by atoms with Gasteiger partial charge >= 0.3 is 0 Å². The molecular weight excluding hydrogens is 378 g/mol. The number of aromatic nitrogens is 4. The molecule has 7 nitrogen and oxygen atoms in total. The molecule has 2 aromatic carbocycles. The first-order valence-electron chi connectivity index (χ1n) is 9.46. The highest BCUT2D eigenvalue weighted by Gasteiger charge is 2.15. The van der Waals surface area contributed by atoms with Gasteiger partial charge in [0.2, 0.25) is 11.7 Å². The third kappa shape index (κ3) is 3.44. The second kappa shape index (κ2) is 7.63. The Kier molecular flexibility index (Phi) is 4.53. The molecule has 3 heterocycles. The number of carbonyl (C=O) groups excluding carboxylic acids is 1. The molecule has 0 aliphatic heterocycles. The zero-order valence-corrected chi connectivity index (χ0v) is 15.9. The number of nitrogens with zero attached hydrogens (tertiary/aromatic N) is 3. The summed E-state index contributed by atoms with van der Waals surface area (Å²) in [5.41, 5.74) is 3.89. The molecule has 146 valence electrons. The van der Waals surface area contributed by atoms with Gasteiger partial charge in [0.25, 0.3) is 5.91 Å². The van der Waals surface area contributed by atoms with Crippen LogP contribution in [-0.2, 0) is 6.42 Å². The molecule has 0 unspecified atom stereocenters. The number of nitrogens with one attached hydrogen (secondary N) is 2. The molecule has 2 N–H and O–H groups in total. The minimum absolute atomic E-state index is 0.179. The van der Waals surface area contributed by atoms with E-state index in [-0.39, 0.29) is 5.91 Å². The number of benzene rings is 2. The lowest BCUT2D eigenvalue weighted by atomic mass is 10.1. The number of hydrogen-bond acceptors (Lipinski definition) is 5. The van der Waals surface area contributed by atoms with Crippen molar-refractivity contribution in [2.45, 2.75) is 6.42 Å². The average Bonchev–Trinajstić information content (AvgIpc) is 3.43. The summed E-state index contributed by atoms with van der Waals surface area (Å²) in [6.07, 6.45) is 5.50. The van der Waals surface area contributed by atoms with Crippen LogP contribution in [0.3, 0.4) is 0 Å². The fraction of sp³-hybridized carbons (Fsp3) is 0.0435. The van der Waals surface area contributed by atoms with Crippen LogP contribution >= 0.6 is 0 Å². The van der Waals surface area contributed by atoms with Gasteiger partial charge in [0, 0.05) is 40.7 Å². The number of hydrogen-bond donors (Lipinski definition) is 2. The van der Waals surface area contributed by atoms with E-state index < -0.39 is 0 Å². The zero-order chi connectivity index (χ0) is 20.3. The number of anilines is 1. The van der Waals surface area contributed by atoms with Crippen LogP contribution < -0.4 is 5.32 Å². The maximum atomic E-state index is 12.9. The predicted molar refractivity (Wildman–Crippen MR) is 113 cm³/mol. The third-order valence-corrected chi connectivity index (χ3v) is 4.83. The molecule has 0 atom stereocenters. The summed E-state index contributed by atoms with van der Waals surface area (Å²) in [4.78, 5) is 24.5. The van der Waals surface area contributed by atoms with Gasteiger partial charge in [0.05, 0.1) is 12.0 Å². The summed E-state index contributed by atoms with van der Waals surface area (Å²) in [5, 5.41) is 7.92. The van der Waals surface area contributed by atoms with E-state index in [9.17, 15) is 4.79 Å². The summed E-state index contributed by atoms with van der Waals surface area (Å²) in [7, 11) is 0. The molecule has 0 saturated carbocycles. The second-order valence-electron chi connectivity index (χ2n) is 6.79. The topological polar surface area (TPSA) is 96.7 Å². The molecule has 0 radical (unpaired) electrons. The highest BCUT2D eigenvalue weighted by molar-refractivity contribution is 6.13. The van der Waals surface area contributed by atoms with Gasteiger partial charge in [-0.25, -0.2) is 0 Å². The normalized spacial score (nSPS) is 10.9. The minimum atomic E-state index is -0.179. The van der Waals surface area contributed by atoms with Crippen molar-refractivity contribution in [1.29, 1.82) is 0 Å². The molecule has 0 spiro atoms. The third-order valence-electron chi connectivity index (χ3n) is 4.83. The van der Waals surface area contributed by atoms with Crippen molar-refractivity contribution < 1.29 is 9.32 Å². The molecule has 0 bridgehead atoms. The van der Waals surface area contributed by atoms with Gasteiger partial charge in [0.1, 0.15) is 0 Å². The standard InChI is InChI=1S/C23H17N5O2/c29-23(18-14-25-20-10-4-2-8-17(18)20)26-19-9-3-1-6-15(19)12-21-27-22(28-30-21)16-7-5-11-24-13-16/h1-11,13-14,25H,12H2,(H,26,29). The Bertz CT molecular complexity index is 1320. The fourth-order valence-electron chi connectivity index (χ4n) is 3.35. The van der Waals surface area contributed by atoms with Crippen LogP contribution in [-0.4, -0.2) is 26.0 Å². The van der Waals surface area contributed by atoms with Crippen molar-refractivity contribution in [2.75, 3.05) is 5.32 Å². The monoisotopic (exact) mass is 395 g/mol. The van der Waals surface area contributed by atoms with Crippen LogP contribution in [0.25, 0.3) is 22.3 Å². The first-order chi connectivity index (χ1) is 14.8. The van der Waals surface area contributed by atoms with Crippen molar-refractivity contribution in [3.05, 3.63) is 96.3 Å². The summed E-state index contributed by atoms with van der Waals surface area (Å²) in [5.74, 6) is 0.766. The molecule has 0 saturated heterocycles. The number of amides is 1. The van der Waals surface area contributed by atoms with E-state index in [1.54, 1.807) is 18.6 Å². The van der Waals surface area contributed by atoms with Crippen molar-refractivity contribution in [2.24, 2.45) is 0 Å². The van der Waals surface area contributed by atoms with E-state index >= 15 is 0 Å². The zero-order valence-electron chi connectivity index (χ0n) is 15.9. The van der Waals surface area contributed by atoms with Crippen LogP contribution in [0.5, 0.6) is 0 Å². The molecule has 7 heteroatoms. The lowest BCUT2D eigenvalue weighted by Gasteiger charge is -2.09. The number of aromatic amines is 1. The highest BCUT2D eigenvalue weighted by Crippen LogP contribution is 2.23. The maximum absolute atomic E-state index is 12.9. The van der Waals surface area contributed by atoms with Gasteiger partial charge in [0.15, 0.2) is 0 Å². The van der Waals surface area contributed by atoms with Crippen molar-refractivity contribution in [3.63, 3.8) is 0 Å². The van der Waals surface area contributed by atoms with Crippen LogP contribution in [0.2, 0.25) is 0 Å². The second-order valence-corrected chi connectivity index (χ2v) is 6.79.